The zero-order chi connectivity index (χ0) is 16.9. The number of hydrogen-bond donors (Lipinski definition) is 1. The molecule has 1 heterocycles. The fourth-order valence-electron chi connectivity index (χ4n) is 3.31. The van der Waals surface area contributed by atoms with Gasteiger partial charge in [-0.2, -0.15) is 0 Å². The van der Waals surface area contributed by atoms with Crippen molar-refractivity contribution < 1.29 is 9.18 Å². The van der Waals surface area contributed by atoms with E-state index in [1.807, 2.05) is 12.1 Å². The van der Waals surface area contributed by atoms with E-state index in [0.717, 1.165) is 18.7 Å². The summed E-state index contributed by atoms with van der Waals surface area (Å²) in [5.41, 5.74) is 2.40. The monoisotopic (exact) mass is 326 g/mol. The summed E-state index contributed by atoms with van der Waals surface area (Å²) in [4.78, 5) is 14.6. The molecule has 4 heteroatoms. The number of nitrogens with one attached hydrogen (secondary N) is 1. The van der Waals surface area contributed by atoms with Gasteiger partial charge in [0.2, 0.25) is 0 Å². The van der Waals surface area contributed by atoms with Crippen molar-refractivity contribution in [2.75, 3.05) is 16.8 Å². The fraction of sp³-hybridized carbons (Fsp3) is 0.350. The molecule has 1 aliphatic heterocycles. The van der Waals surface area contributed by atoms with Crippen molar-refractivity contribution in [1.29, 1.82) is 0 Å². The molecule has 0 bridgehead atoms. The molecule has 1 fully saturated rings. The topological polar surface area (TPSA) is 32.3 Å². The number of hydrogen-bond acceptors (Lipinski definition) is 2. The zero-order valence-corrected chi connectivity index (χ0v) is 14.0. The highest BCUT2D eigenvalue weighted by Crippen LogP contribution is 2.27. The lowest BCUT2D eigenvalue weighted by Gasteiger charge is -2.37. The van der Waals surface area contributed by atoms with Crippen molar-refractivity contribution in [1.82, 2.24) is 0 Å². The lowest BCUT2D eigenvalue weighted by Crippen LogP contribution is -2.39. The molecule has 2 aromatic carbocycles. The van der Waals surface area contributed by atoms with Crippen molar-refractivity contribution >= 4 is 17.3 Å². The van der Waals surface area contributed by atoms with Gasteiger partial charge in [0.05, 0.1) is 0 Å². The summed E-state index contributed by atoms with van der Waals surface area (Å²) in [5, 5.41) is 2.85. The number of anilines is 2. The number of rotatable bonds is 4. The van der Waals surface area contributed by atoms with Crippen molar-refractivity contribution in [3.63, 3.8) is 0 Å². The summed E-state index contributed by atoms with van der Waals surface area (Å²) >= 11 is 0. The predicted molar refractivity (Wildman–Crippen MR) is 96.1 cm³/mol. The minimum Gasteiger partial charge on any atom is -0.369 e. The van der Waals surface area contributed by atoms with E-state index in [1.165, 1.54) is 49.2 Å². The van der Waals surface area contributed by atoms with E-state index in [2.05, 4.69) is 29.3 Å². The normalized spacial score (nSPS) is 17.6. The minimum absolute atomic E-state index is 0.229. The third-order valence-electron chi connectivity index (χ3n) is 4.66. The van der Waals surface area contributed by atoms with Gasteiger partial charge in [-0.15, -0.1) is 0 Å². The van der Waals surface area contributed by atoms with Crippen LogP contribution in [0.15, 0.2) is 48.5 Å². The number of amides is 1. The van der Waals surface area contributed by atoms with Crippen LogP contribution < -0.4 is 10.2 Å². The van der Waals surface area contributed by atoms with Crippen LogP contribution in [-0.2, 0) is 0 Å². The van der Waals surface area contributed by atoms with Crippen LogP contribution in [0.5, 0.6) is 0 Å². The molecule has 3 nitrogen and oxygen atoms in total. The highest BCUT2D eigenvalue weighted by molar-refractivity contribution is 6.04. The summed E-state index contributed by atoms with van der Waals surface area (Å²) in [6, 6.07) is 14.1. The molecule has 1 unspecified atom stereocenters. The first kappa shape index (κ1) is 16.5. The standard InChI is InChI=1S/C20H23FN2O/c1-2-18-5-3-4-14-23(18)19-12-10-17(11-13-19)22-20(24)15-6-8-16(21)9-7-15/h6-13,18H,2-5,14H2,1H3,(H,22,24). The molecule has 0 aromatic heterocycles. The van der Waals surface area contributed by atoms with Gasteiger partial charge in [0.25, 0.3) is 5.91 Å². The van der Waals surface area contributed by atoms with Gasteiger partial charge < -0.3 is 10.2 Å². The highest BCUT2D eigenvalue weighted by Gasteiger charge is 2.20. The largest absolute Gasteiger partial charge is 0.369 e. The minimum atomic E-state index is -0.345. The molecule has 1 N–H and O–H groups in total. The Labute approximate surface area is 142 Å². The van der Waals surface area contributed by atoms with Crippen LogP contribution in [0.2, 0.25) is 0 Å². The molecule has 2 aromatic rings. The van der Waals surface area contributed by atoms with E-state index in [4.69, 9.17) is 0 Å². The van der Waals surface area contributed by atoms with Gasteiger partial charge in [-0.25, -0.2) is 4.39 Å². The Bertz CT molecular complexity index is 682. The second kappa shape index (κ2) is 7.47. The van der Waals surface area contributed by atoms with Gasteiger partial charge in [0.1, 0.15) is 5.82 Å². The van der Waals surface area contributed by atoms with E-state index in [0.29, 0.717) is 11.6 Å². The summed E-state index contributed by atoms with van der Waals surface area (Å²) in [5.74, 6) is -0.574. The lowest BCUT2D eigenvalue weighted by atomic mass is 9.99. The van der Waals surface area contributed by atoms with Crippen LogP contribution in [0.3, 0.4) is 0 Å². The Hall–Kier alpha value is -2.36. The molecule has 1 aliphatic rings. The zero-order valence-electron chi connectivity index (χ0n) is 14.0. The van der Waals surface area contributed by atoms with Crippen molar-refractivity contribution in [3.05, 3.63) is 59.9 Å². The summed E-state index contributed by atoms with van der Waals surface area (Å²) in [6.45, 7) is 3.33. The van der Waals surface area contributed by atoms with Gasteiger partial charge in [-0.05, 0) is 74.2 Å². The summed E-state index contributed by atoms with van der Waals surface area (Å²) in [7, 11) is 0. The molecule has 0 spiro atoms. The average Bonchev–Trinajstić information content (AvgIpc) is 2.63. The molecular weight excluding hydrogens is 303 g/mol. The Morgan fingerprint density at radius 1 is 1.12 bits per heavy atom. The van der Waals surface area contributed by atoms with Gasteiger partial charge in [0, 0.05) is 29.5 Å². The van der Waals surface area contributed by atoms with Crippen molar-refractivity contribution in [2.24, 2.45) is 0 Å². The van der Waals surface area contributed by atoms with Gasteiger partial charge >= 0.3 is 0 Å². The molecular formula is C20H23FN2O. The maximum absolute atomic E-state index is 12.9. The Balaban J connectivity index is 1.68. The maximum Gasteiger partial charge on any atom is 0.255 e. The second-order valence-corrected chi connectivity index (χ2v) is 6.26. The van der Waals surface area contributed by atoms with Crippen LogP contribution in [-0.4, -0.2) is 18.5 Å². The molecule has 1 saturated heterocycles. The van der Waals surface area contributed by atoms with E-state index >= 15 is 0 Å². The smallest absolute Gasteiger partial charge is 0.255 e. The predicted octanol–water partition coefficient (Wildman–Crippen LogP) is 4.85. The first-order chi connectivity index (χ1) is 11.7. The number of piperidine rings is 1. The van der Waals surface area contributed by atoms with E-state index in [-0.39, 0.29) is 11.7 Å². The molecule has 1 amide bonds. The molecule has 0 aliphatic carbocycles. The Kier molecular flexibility index (Phi) is 5.14. The quantitative estimate of drug-likeness (QED) is 0.871. The summed E-state index contributed by atoms with van der Waals surface area (Å²) in [6.07, 6.45) is 4.95. The van der Waals surface area contributed by atoms with Gasteiger partial charge in [-0.1, -0.05) is 6.92 Å². The van der Waals surface area contributed by atoms with Crippen molar-refractivity contribution in [3.8, 4) is 0 Å². The molecule has 0 radical (unpaired) electrons. The Morgan fingerprint density at radius 3 is 2.50 bits per heavy atom. The number of nitrogens with zero attached hydrogens (tertiary/aromatic N) is 1. The first-order valence-electron chi connectivity index (χ1n) is 8.61. The van der Waals surface area contributed by atoms with Gasteiger partial charge in [0.15, 0.2) is 0 Å². The van der Waals surface area contributed by atoms with Gasteiger partial charge in [-0.3, -0.25) is 4.79 Å². The molecule has 126 valence electrons. The van der Waals surface area contributed by atoms with Crippen LogP contribution in [0, 0.1) is 5.82 Å². The van der Waals surface area contributed by atoms with Crippen molar-refractivity contribution in [2.45, 2.75) is 38.6 Å². The highest BCUT2D eigenvalue weighted by atomic mass is 19.1. The van der Waals surface area contributed by atoms with Crippen LogP contribution in [0.25, 0.3) is 0 Å². The Morgan fingerprint density at radius 2 is 1.83 bits per heavy atom. The van der Waals surface area contributed by atoms with E-state index < -0.39 is 0 Å². The summed E-state index contributed by atoms with van der Waals surface area (Å²) < 4.78 is 12.9. The van der Waals surface area contributed by atoms with Crippen LogP contribution >= 0.6 is 0 Å². The third kappa shape index (κ3) is 3.75. The first-order valence-corrected chi connectivity index (χ1v) is 8.61. The number of benzene rings is 2. The maximum atomic E-state index is 12.9. The number of carbonyl (C=O) groups is 1. The number of halogens is 1. The molecule has 1 atom stereocenters. The fourth-order valence-corrected chi connectivity index (χ4v) is 3.31. The SMILES string of the molecule is CCC1CCCCN1c1ccc(NC(=O)c2ccc(F)cc2)cc1. The third-order valence-corrected chi connectivity index (χ3v) is 4.66. The van der Waals surface area contributed by atoms with E-state index in [9.17, 15) is 9.18 Å². The average molecular weight is 326 g/mol. The lowest BCUT2D eigenvalue weighted by molar-refractivity contribution is 0.102. The number of carbonyl (C=O) groups excluding carboxylic acids is 1. The molecule has 3 rings (SSSR count). The van der Waals surface area contributed by atoms with E-state index in [1.54, 1.807) is 0 Å². The van der Waals surface area contributed by atoms with Crippen LogP contribution in [0.4, 0.5) is 15.8 Å². The van der Waals surface area contributed by atoms with Crippen LogP contribution in [0.1, 0.15) is 43.0 Å². The second-order valence-electron chi connectivity index (χ2n) is 6.26. The molecule has 24 heavy (non-hydrogen) atoms. The molecule has 0 saturated carbocycles.